The van der Waals surface area contributed by atoms with Gasteiger partial charge in [-0.25, -0.2) is 4.98 Å². The molecule has 0 fully saturated rings. The molecule has 1 aromatic heterocycles. The van der Waals surface area contributed by atoms with Crippen LogP contribution in [0.15, 0.2) is 83.3 Å². The Morgan fingerprint density at radius 2 is 1.72 bits per heavy atom. The van der Waals surface area contributed by atoms with Gasteiger partial charge in [0.15, 0.2) is 5.58 Å². The second-order valence-corrected chi connectivity index (χ2v) is 6.87. The number of benzene rings is 3. The molecule has 0 aliphatic heterocycles. The molecule has 1 heterocycles. The lowest BCUT2D eigenvalue weighted by Gasteiger charge is -2.07. The number of alkyl halides is 2. The van der Waals surface area contributed by atoms with Crippen LogP contribution in [0.5, 0.6) is 5.75 Å². The van der Waals surface area contributed by atoms with Gasteiger partial charge in [0.05, 0.1) is 6.61 Å². The van der Waals surface area contributed by atoms with Crippen LogP contribution in [0.1, 0.15) is 25.2 Å². The van der Waals surface area contributed by atoms with Gasteiger partial charge in [0, 0.05) is 0 Å². The molecule has 3 nitrogen and oxygen atoms in total. The summed E-state index contributed by atoms with van der Waals surface area (Å²) in [5.74, 6) is -2.98. The van der Waals surface area contributed by atoms with E-state index in [0.717, 1.165) is 30.1 Å². The molecular formula is C24H21F2NO2. The quantitative estimate of drug-likeness (QED) is 0.242. The third kappa shape index (κ3) is 4.62. The second kappa shape index (κ2) is 8.43. The van der Waals surface area contributed by atoms with Gasteiger partial charge >= 0.3 is 5.92 Å². The van der Waals surface area contributed by atoms with Crippen LogP contribution in [-0.4, -0.2) is 11.6 Å². The third-order valence-electron chi connectivity index (χ3n) is 4.66. The zero-order valence-electron chi connectivity index (χ0n) is 15.9. The van der Waals surface area contributed by atoms with Crippen LogP contribution in [0.2, 0.25) is 0 Å². The maximum Gasteiger partial charge on any atom is 0.340 e. The van der Waals surface area contributed by atoms with E-state index in [1.165, 1.54) is 11.5 Å². The molecule has 0 bridgehead atoms. The zero-order chi connectivity index (χ0) is 20.1. The molecule has 0 N–H and O–H groups in total. The number of para-hydroxylation sites is 2. The Morgan fingerprint density at radius 3 is 2.59 bits per heavy atom. The van der Waals surface area contributed by atoms with E-state index in [4.69, 9.17) is 9.15 Å². The molecule has 0 spiro atoms. The summed E-state index contributed by atoms with van der Waals surface area (Å²) in [6.07, 6.45) is 4.42. The number of unbranched alkanes of at least 4 members (excludes halogenated alkanes) is 2. The van der Waals surface area contributed by atoms with Gasteiger partial charge in [-0.1, -0.05) is 48.5 Å². The standard InChI is InChI=1S/C24H21F2NO2/c25-24(26,23-27-21-11-5-6-12-22(21)29-23)15-7-1-2-8-16-28-20-14-13-18-9-3-4-10-19(18)17-20/h3-7,9-15,17H,1-2,8,16H2/b15-7+. The Morgan fingerprint density at radius 1 is 0.931 bits per heavy atom. The van der Waals surface area contributed by atoms with Gasteiger partial charge < -0.3 is 9.15 Å². The van der Waals surface area contributed by atoms with E-state index in [2.05, 4.69) is 11.1 Å². The summed E-state index contributed by atoms with van der Waals surface area (Å²) < 4.78 is 39.4. The molecule has 0 saturated heterocycles. The highest BCUT2D eigenvalue weighted by Crippen LogP contribution is 2.31. The fraction of sp³-hybridized carbons (Fsp3) is 0.208. The molecule has 4 aromatic rings. The molecule has 148 valence electrons. The van der Waals surface area contributed by atoms with Gasteiger partial charge in [0.2, 0.25) is 0 Å². The van der Waals surface area contributed by atoms with Crippen LogP contribution in [0.25, 0.3) is 21.9 Å². The van der Waals surface area contributed by atoms with E-state index in [1.54, 1.807) is 24.3 Å². The SMILES string of the molecule is FC(F)(/C=C/CCCCOc1ccc2ccccc2c1)c1nc2ccccc2o1. The fourth-order valence-electron chi connectivity index (χ4n) is 3.13. The van der Waals surface area contributed by atoms with E-state index in [0.29, 0.717) is 24.1 Å². The molecule has 0 radical (unpaired) electrons. The van der Waals surface area contributed by atoms with Crippen LogP contribution in [0, 0.1) is 0 Å². The normalized spacial score (nSPS) is 12.2. The first-order valence-corrected chi connectivity index (χ1v) is 9.65. The summed E-state index contributed by atoms with van der Waals surface area (Å²) in [5.41, 5.74) is 0.794. The minimum Gasteiger partial charge on any atom is -0.494 e. The molecule has 0 atom stereocenters. The Bertz CT molecular complexity index is 1100. The number of rotatable bonds is 8. The number of halogens is 2. The summed E-state index contributed by atoms with van der Waals surface area (Å²) in [6, 6.07) is 20.8. The summed E-state index contributed by atoms with van der Waals surface area (Å²) in [7, 11) is 0. The monoisotopic (exact) mass is 393 g/mol. The molecule has 0 aliphatic rings. The van der Waals surface area contributed by atoms with E-state index < -0.39 is 11.8 Å². The highest BCUT2D eigenvalue weighted by atomic mass is 19.3. The molecule has 0 unspecified atom stereocenters. The maximum absolute atomic E-state index is 14.3. The second-order valence-electron chi connectivity index (χ2n) is 6.87. The number of ether oxygens (including phenoxy) is 1. The molecular weight excluding hydrogens is 372 g/mol. The summed E-state index contributed by atoms with van der Waals surface area (Å²) in [5, 5.41) is 2.30. The van der Waals surface area contributed by atoms with E-state index >= 15 is 0 Å². The van der Waals surface area contributed by atoms with Gasteiger partial charge in [0.1, 0.15) is 11.3 Å². The van der Waals surface area contributed by atoms with Crippen molar-refractivity contribution in [3.63, 3.8) is 0 Å². The summed E-state index contributed by atoms with van der Waals surface area (Å²) in [4.78, 5) is 3.88. The van der Waals surface area contributed by atoms with Crippen molar-refractivity contribution in [2.75, 3.05) is 6.61 Å². The number of nitrogens with zero attached hydrogens (tertiary/aromatic N) is 1. The van der Waals surface area contributed by atoms with Crippen LogP contribution in [-0.2, 0) is 5.92 Å². The number of hydrogen-bond donors (Lipinski definition) is 0. The van der Waals surface area contributed by atoms with Crippen molar-refractivity contribution in [2.24, 2.45) is 0 Å². The van der Waals surface area contributed by atoms with Crippen molar-refractivity contribution in [2.45, 2.75) is 25.2 Å². The molecule has 0 amide bonds. The van der Waals surface area contributed by atoms with E-state index in [-0.39, 0.29) is 0 Å². The molecule has 3 aromatic carbocycles. The lowest BCUT2D eigenvalue weighted by atomic mass is 10.1. The van der Waals surface area contributed by atoms with Crippen LogP contribution < -0.4 is 4.74 Å². The lowest BCUT2D eigenvalue weighted by molar-refractivity contribution is 0.0231. The summed E-state index contributed by atoms with van der Waals surface area (Å²) in [6.45, 7) is 0.549. The first-order valence-electron chi connectivity index (χ1n) is 9.65. The van der Waals surface area contributed by atoms with Crippen LogP contribution in [0.3, 0.4) is 0 Å². The largest absolute Gasteiger partial charge is 0.494 e. The number of allylic oxidation sites excluding steroid dienone is 2. The number of aromatic nitrogens is 1. The molecule has 4 rings (SSSR count). The summed E-state index contributed by atoms with van der Waals surface area (Å²) >= 11 is 0. The van der Waals surface area contributed by atoms with Crippen molar-refractivity contribution in [1.82, 2.24) is 4.98 Å². The first kappa shape index (κ1) is 19.1. The van der Waals surface area contributed by atoms with Crippen molar-refractivity contribution in [3.05, 3.63) is 84.8 Å². The van der Waals surface area contributed by atoms with Gasteiger partial charge in [-0.15, -0.1) is 0 Å². The predicted octanol–water partition coefficient (Wildman–Crippen LogP) is 6.88. The lowest BCUT2D eigenvalue weighted by Crippen LogP contribution is -2.09. The van der Waals surface area contributed by atoms with Gasteiger partial charge in [-0.2, -0.15) is 8.78 Å². The van der Waals surface area contributed by atoms with E-state index in [1.807, 2.05) is 36.4 Å². The molecule has 0 saturated carbocycles. The smallest absolute Gasteiger partial charge is 0.340 e. The van der Waals surface area contributed by atoms with Crippen molar-refractivity contribution in [3.8, 4) is 5.75 Å². The van der Waals surface area contributed by atoms with Crippen LogP contribution in [0.4, 0.5) is 8.78 Å². The molecule has 5 heteroatoms. The molecule has 29 heavy (non-hydrogen) atoms. The predicted molar refractivity (Wildman–Crippen MR) is 110 cm³/mol. The zero-order valence-corrected chi connectivity index (χ0v) is 15.9. The van der Waals surface area contributed by atoms with Crippen molar-refractivity contribution < 1.29 is 17.9 Å². The Labute approximate surface area is 167 Å². The highest BCUT2D eigenvalue weighted by molar-refractivity contribution is 5.83. The Kier molecular flexibility index (Phi) is 5.56. The van der Waals surface area contributed by atoms with Gasteiger partial charge in [-0.3, -0.25) is 0 Å². The van der Waals surface area contributed by atoms with Crippen LogP contribution >= 0.6 is 0 Å². The Balaban J connectivity index is 1.23. The average molecular weight is 393 g/mol. The highest BCUT2D eigenvalue weighted by Gasteiger charge is 2.34. The topological polar surface area (TPSA) is 35.3 Å². The average Bonchev–Trinajstić information content (AvgIpc) is 3.18. The third-order valence-corrected chi connectivity index (χ3v) is 4.66. The van der Waals surface area contributed by atoms with E-state index in [9.17, 15) is 8.78 Å². The van der Waals surface area contributed by atoms with Crippen molar-refractivity contribution >= 4 is 21.9 Å². The minimum absolute atomic E-state index is 0.362. The molecule has 0 aliphatic carbocycles. The number of hydrogen-bond acceptors (Lipinski definition) is 3. The fourth-order valence-corrected chi connectivity index (χ4v) is 3.13. The van der Waals surface area contributed by atoms with Gasteiger partial charge in [-0.05, 0) is 60.4 Å². The maximum atomic E-state index is 14.3. The first-order chi connectivity index (χ1) is 14.1. The van der Waals surface area contributed by atoms with Crippen molar-refractivity contribution in [1.29, 1.82) is 0 Å². The van der Waals surface area contributed by atoms with Gasteiger partial charge in [0.25, 0.3) is 5.89 Å². The Hall–Kier alpha value is -3.21. The minimum atomic E-state index is -3.22. The number of oxazole rings is 1. The number of fused-ring (bicyclic) bond motifs is 2.